The average Bonchev–Trinajstić information content (AvgIpc) is 2.30. The fourth-order valence-electron chi connectivity index (χ4n) is 2.48. The Hall–Kier alpha value is -1.55. The van der Waals surface area contributed by atoms with Gasteiger partial charge in [0.2, 0.25) is 0 Å². The fourth-order valence-corrected chi connectivity index (χ4v) is 2.48. The summed E-state index contributed by atoms with van der Waals surface area (Å²) in [6.07, 6.45) is 2.05. The second-order valence-corrected chi connectivity index (χ2v) is 4.49. The van der Waals surface area contributed by atoms with Crippen molar-refractivity contribution in [2.45, 2.75) is 18.5 Å². The standard InChI is InChI=1S/C12H15N3O/c16-11-9-4-1-2-5-10(9)14-12(15-11)6-3-7-13-8-12/h1-2,4-5,13-14H,3,6-8H2,(H,15,16)/t12-/m1/s1. The quantitative estimate of drug-likeness (QED) is 0.605. The lowest BCUT2D eigenvalue weighted by atomic mass is 9.95. The Kier molecular flexibility index (Phi) is 2.11. The Bertz CT molecular complexity index is 424. The predicted molar refractivity (Wildman–Crippen MR) is 62.4 cm³/mol. The number of carbonyl (C=O) groups excluding carboxylic acids is 1. The number of para-hydroxylation sites is 1. The second kappa shape index (κ2) is 3.49. The molecule has 0 bridgehead atoms. The molecule has 4 nitrogen and oxygen atoms in total. The molecule has 0 unspecified atom stereocenters. The van der Waals surface area contributed by atoms with Gasteiger partial charge < -0.3 is 16.0 Å². The number of piperidine rings is 1. The lowest BCUT2D eigenvalue weighted by Gasteiger charge is -2.43. The van der Waals surface area contributed by atoms with Gasteiger partial charge in [0.05, 0.1) is 5.56 Å². The highest BCUT2D eigenvalue weighted by Gasteiger charge is 2.37. The Labute approximate surface area is 94.4 Å². The minimum absolute atomic E-state index is 0.0260. The Morgan fingerprint density at radius 1 is 1.19 bits per heavy atom. The van der Waals surface area contributed by atoms with Crippen LogP contribution in [0.15, 0.2) is 24.3 Å². The number of carbonyl (C=O) groups is 1. The molecule has 0 aromatic heterocycles. The SMILES string of the molecule is O=C1N[C@@]2(CCCNC2)Nc2ccccc21. The maximum absolute atomic E-state index is 12.0. The Morgan fingerprint density at radius 2 is 2.06 bits per heavy atom. The summed E-state index contributed by atoms with van der Waals surface area (Å²) in [5.41, 5.74) is 1.39. The summed E-state index contributed by atoms with van der Waals surface area (Å²) in [6.45, 7) is 1.81. The van der Waals surface area contributed by atoms with Crippen LogP contribution in [0.2, 0.25) is 0 Å². The minimum Gasteiger partial charge on any atom is -0.361 e. The van der Waals surface area contributed by atoms with Gasteiger partial charge in [-0.05, 0) is 31.5 Å². The van der Waals surface area contributed by atoms with E-state index in [4.69, 9.17) is 0 Å². The smallest absolute Gasteiger partial charge is 0.255 e. The second-order valence-electron chi connectivity index (χ2n) is 4.49. The van der Waals surface area contributed by atoms with Crippen molar-refractivity contribution in [3.05, 3.63) is 29.8 Å². The molecule has 2 aliphatic rings. The minimum atomic E-state index is -0.288. The average molecular weight is 217 g/mol. The van der Waals surface area contributed by atoms with Crippen molar-refractivity contribution in [1.82, 2.24) is 10.6 Å². The first kappa shape index (κ1) is 9.66. The van der Waals surface area contributed by atoms with Crippen LogP contribution >= 0.6 is 0 Å². The van der Waals surface area contributed by atoms with Crippen LogP contribution in [0, 0.1) is 0 Å². The highest BCUT2D eigenvalue weighted by atomic mass is 16.2. The monoisotopic (exact) mass is 217 g/mol. The van der Waals surface area contributed by atoms with Gasteiger partial charge in [-0.15, -0.1) is 0 Å². The third-order valence-corrected chi connectivity index (χ3v) is 3.28. The molecule has 3 N–H and O–H groups in total. The molecule has 1 spiro atoms. The van der Waals surface area contributed by atoms with Gasteiger partial charge in [-0.1, -0.05) is 12.1 Å². The van der Waals surface area contributed by atoms with E-state index in [1.54, 1.807) is 0 Å². The third kappa shape index (κ3) is 1.46. The maximum atomic E-state index is 12.0. The van der Waals surface area contributed by atoms with Crippen LogP contribution in [0.1, 0.15) is 23.2 Å². The number of fused-ring (bicyclic) bond motifs is 1. The largest absolute Gasteiger partial charge is 0.361 e. The topological polar surface area (TPSA) is 53.2 Å². The molecule has 1 aromatic carbocycles. The lowest BCUT2D eigenvalue weighted by Crippen LogP contribution is -2.64. The molecule has 1 aromatic rings. The third-order valence-electron chi connectivity index (χ3n) is 3.28. The van der Waals surface area contributed by atoms with E-state index in [2.05, 4.69) is 16.0 Å². The number of amides is 1. The molecule has 84 valence electrons. The molecule has 2 aliphatic heterocycles. The molecule has 16 heavy (non-hydrogen) atoms. The number of rotatable bonds is 0. The van der Waals surface area contributed by atoms with Gasteiger partial charge >= 0.3 is 0 Å². The zero-order valence-electron chi connectivity index (χ0n) is 9.05. The summed E-state index contributed by atoms with van der Waals surface area (Å²) in [6, 6.07) is 7.65. The summed E-state index contributed by atoms with van der Waals surface area (Å²) in [7, 11) is 0. The summed E-state index contributed by atoms with van der Waals surface area (Å²) in [5, 5.41) is 9.84. The van der Waals surface area contributed by atoms with Gasteiger partial charge in [-0.25, -0.2) is 0 Å². The molecule has 3 rings (SSSR count). The molecule has 4 heteroatoms. The Morgan fingerprint density at radius 3 is 2.88 bits per heavy atom. The van der Waals surface area contributed by atoms with Gasteiger partial charge in [0, 0.05) is 12.2 Å². The van der Waals surface area contributed by atoms with Crippen LogP contribution in [0.3, 0.4) is 0 Å². The van der Waals surface area contributed by atoms with Gasteiger partial charge in [0.25, 0.3) is 5.91 Å². The van der Waals surface area contributed by atoms with Crippen LogP contribution < -0.4 is 16.0 Å². The maximum Gasteiger partial charge on any atom is 0.255 e. The van der Waals surface area contributed by atoms with Crippen LogP contribution in [0.5, 0.6) is 0 Å². The number of anilines is 1. The molecule has 1 saturated heterocycles. The summed E-state index contributed by atoms with van der Waals surface area (Å²) in [4.78, 5) is 12.0. The van der Waals surface area contributed by atoms with Crippen molar-refractivity contribution in [1.29, 1.82) is 0 Å². The van der Waals surface area contributed by atoms with Crippen LogP contribution in [-0.4, -0.2) is 24.7 Å². The van der Waals surface area contributed by atoms with Crippen molar-refractivity contribution in [2.24, 2.45) is 0 Å². The van der Waals surface area contributed by atoms with E-state index in [-0.39, 0.29) is 11.6 Å². The molecular formula is C12H15N3O. The Balaban J connectivity index is 1.96. The van der Waals surface area contributed by atoms with Crippen molar-refractivity contribution in [3.63, 3.8) is 0 Å². The number of benzene rings is 1. The molecule has 1 amide bonds. The first-order valence-electron chi connectivity index (χ1n) is 5.70. The number of hydrogen-bond donors (Lipinski definition) is 3. The molecule has 1 fully saturated rings. The summed E-state index contributed by atoms with van der Waals surface area (Å²) < 4.78 is 0. The van der Waals surface area contributed by atoms with Crippen molar-refractivity contribution in [3.8, 4) is 0 Å². The van der Waals surface area contributed by atoms with E-state index in [9.17, 15) is 4.79 Å². The zero-order chi connectivity index (χ0) is 11.0. The first-order valence-corrected chi connectivity index (χ1v) is 5.70. The summed E-state index contributed by atoms with van der Waals surface area (Å²) in [5.74, 6) is 0.0260. The predicted octanol–water partition coefficient (Wildman–Crippen LogP) is 0.922. The van der Waals surface area contributed by atoms with Crippen molar-refractivity contribution < 1.29 is 4.79 Å². The number of nitrogens with one attached hydrogen (secondary N) is 3. The molecule has 0 saturated carbocycles. The highest BCUT2D eigenvalue weighted by Crippen LogP contribution is 2.27. The normalized spacial score (nSPS) is 28.1. The van der Waals surface area contributed by atoms with Crippen molar-refractivity contribution >= 4 is 11.6 Å². The zero-order valence-corrected chi connectivity index (χ0v) is 9.05. The van der Waals surface area contributed by atoms with Crippen LogP contribution in [-0.2, 0) is 0 Å². The number of hydrogen-bond acceptors (Lipinski definition) is 3. The lowest BCUT2D eigenvalue weighted by molar-refractivity contribution is 0.0884. The molecule has 0 aliphatic carbocycles. The van der Waals surface area contributed by atoms with Crippen LogP contribution in [0.4, 0.5) is 5.69 Å². The van der Waals surface area contributed by atoms with Gasteiger partial charge in [-0.3, -0.25) is 4.79 Å². The molecular weight excluding hydrogens is 202 g/mol. The molecule has 0 radical (unpaired) electrons. The fraction of sp³-hybridized carbons (Fsp3) is 0.417. The van der Waals surface area contributed by atoms with Gasteiger partial charge in [0.1, 0.15) is 5.66 Å². The van der Waals surface area contributed by atoms with E-state index in [0.29, 0.717) is 0 Å². The van der Waals surface area contributed by atoms with E-state index >= 15 is 0 Å². The van der Waals surface area contributed by atoms with E-state index < -0.39 is 0 Å². The molecule has 1 atom stereocenters. The van der Waals surface area contributed by atoms with E-state index in [0.717, 1.165) is 37.2 Å². The first-order chi connectivity index (χ1) is 7.79. The van der Waals surface area contributed by atoms with Gasteiger partial charge in [-0.2, -0.15) is 0 Å². The summed E-state index contributed by atoms with van der Waals surface area (Å²) >= 11 is 0. The van der Waals surface area contributed by atoms with E-state index in [1.807, 2.05) is 24.3 Å². The van der Waals surface area contributed by atoms with Crippen molar-refractivity contribution in [2.75, 3.05) is 18.4 Å². The van der Waals surface area contributed by atoms with E-state index in [1.165, 1.54) is 0 Å². The van der Waals surface area contributed by atoms with Crippen LogP contribution in [0.25, 0.3) is 0 Å². The van der Waals surface area contributed by atoms with Gasteiger partial charge in [0.15, 0.2) is 0 Å². The highest BCUT2D eigenvalue weighted by molar-refractivity contribution is 6.02. The molecule has 2 heterocycles.